The van der Waals surface area contributed by atoms with Crippen molar-refractivity contribution in [1.29, 1.82) is 0 Å². The zero-order chi connectivity index (χ0) is 14.1. The third kappa shape index (κ3) is 9.00. The Hall–Kier alpha value is 0. The van der Waals surface area contributed by atoms with Gasteiger partial charge >= 0.3 is 0 Å². The van der Waals surface area contributed by atoms with E-state index in [1.165, 1.54) is 38.5 Å². The summed E-state index contributed by atoms with van der Waals surface area (Å²) in [4.78, 5) is 0. The lowest BCUT2D eigenvalue weighted by Gasteiger charge is -2.24. The van der Waals surface area contributed by atoms with Gasteiger partial charge in [0.1, 0.15) is 0 Å². The molecule has 0 aromatic carbocycles. The molecule has 0 aliphatic heterocycles. The van der Waals surface area contributed by atoms with Gasteiger partial charge in [-0.05, 0) is 36.0 Å². The molecule has 0 spiro atoms. The van der Waals surface area contributed by atoms with Gasteiger partial charge < -0.3 is 0 Å². The van der Waals surface area contributed by atoms with E-state index < -0.39 is 0 Å². The molecular formula is C18H38. The molecule has 0 heterocycles. The van der Waals surface area contributed by atoms with Crippen molar-refractivity contribution in [3.8, 4) is 0 Å². The van der Waals surface area contributed by atoms with Crippen LogP contribution >= 0.6 is 0 Å². The fourth-order valence-electron chi connectivity index (χ4n) is 2.82. The van der Waals surface area contributed by atoms with Crippen molar-refractivity contribution < 1.29 is 0 Å². The first-order chi connectivity index (χ1) is 8.34. The van der Waals surface area contributed by atoms with Crippen LogP contribution in [-0.2, 0) is 0 Å². The molecule has 0 heteroatoms. The predicted molar refractivity (Wildman–Crippen MR) is 84.9 cm³/mol. The normalized spacial score (nSPS) is 19.0. The quantitative estimate of drug-likeness (QED) is 0.534. The van der Waals surface area contributed by atoms with Crippen LogP contribution < -0.4 is 0 Å². The highest BCUT2D eigenvalue weighted by molar-refractivity contribution is 4.67. The van der Waals surface area contributed by atoms with Gasteiger partial charge in [0.15, 0.2) is 0 Å². The second kappa shape index (κ2) is 9.87. The zero-order valence-corrected chi connectivity index (χ0v) is 14.1. The van der Waals surface area contributed by atoms with Crippen LogP contribution in [0.15, 0.2) is 0 Å². The monoisotopic (exact) mass is 254 g/mol. The molecule has 1 aliphatic rings. The molecule has 0 bridgehead atoms. The summed E-state index contributed by atoms with van der Waals surface area (Å²) in [5.41, 5.74) is 0. The molecule has 1 unspecified atom stereocenters. The van der Waals surface area contributed by atoms with E-state index in [0.29, 0.717) is 0 Å². The van der Waals surface area contributed by atoms with Gasteiger partial charge in [0.05, 0.1) is 0 Å². The molecule has 0 aromatic heterocycles. The van der Waals surface area contributed by atoms with Crippen LogP contribution in [0.3, 0.4) is 0 Å². The largest absolute Gasteiger partial charge is 0.0628 e. The molecule has 1 saturated carbocycles. The van der Waals surface area contributed by atoms with Gasteiger partial charge in [0, 0.05) is 0 Å². The second-order valence-electron chi connectivity index (χ2n) is 7.49. The van der Waals surface area contributed by atoms with Gasteiger partial charge in [0.2, 0.25) is 0 Å². The molecule has 0 saturated heterocycles. The Morgan fingerprint density at radius 3 is 1.50 bits per heavy atom. The van der Waals surface area contributed by atoms with Gasteiger partial charge in [-0.2, -0.15) is 0 Å². The first-order valence-corrected chi connectivity index (χ1v) is 8.34. The van der Waals surface area contributed by atoms with E-state index in [4.69, 9.17) is 0 Å². The van der Waals surface area contributed by atoms with Crippen molar-refractivity contribution in [2.24, 2.45) is 29.6 Å². The smallest absolute Gasteiger partial charge is 0.0391 e. The van der Waals surface area contributed by atoms with Crippen molar-refractivity contribution in [1.82, 2.24) is 0 Å². The minimum absolute atomic E-state index is 0.854. The summed E-state index contributed by atoms with van der Waals surface area (Å²) < 4.78 is 0. The third-order valence-corrected chi connectivity index (χ3v) is 4.57. The molecule has 0 aromatic rings. The highest BCUT2D eigenvalue weighted by Crippen LogP contribution is 2.29. The number of rotatable bonds is 4. The number of hydrogen-bond donors (Lipinski definition) is 0. The maximum atomic E-state index is 2.36. The van der Waals surface area contributed by atoms with E-state index >= 15 is 0 Å². The van der Waals surface area contributed by atoms with Crippen LogP contribution in [-0.4, -0.2) is 0 Å². The Balaban J connectivity index is 0.000000321. The molecule has 18 heavy (non-hydrogen) atoms. The molecule has 1 rings (SSSR count). The maximum absolute atomic E-state index is 2.36. The second-order valence-corrected chi connectivity index (χ2v) is 7.49. The average molecular weight is 255 g/mol. The summed E-state index contributed by atoms with van der Waals surface area (Å²) in [6, 6.07) is 0. The van der Waals surface area contributed by atoms with E-state index in [0.717, 1.165) is 29.6 Å². The fraction of sp³-hybridized carbons (Fsp3) is 1.00. The van der Waals surface area contributed by atoms with Crippen molar-refractivity contribution in [2.45, 2.75) is 87.0 Å². The van der Waals surface area contributed by atoms with Crippen LogP contribution in [0.25, 0.3) is 0 Å². The summed E-state index contributed by atoms with van der Waals surface area (Å²) in [5, 5.41) is 0. The summed E-state index contributed by atoms with van der Waals surface area (Å²) >= 11 is 0. The molecule has 0 N–H and O–H groups in total. The Morgan fingerprint density at radius 2 is 1.28 bits per heavy atom. The molecular weight excluding hydrogens is 216 g/mol. The SMILES string of the molecule is CC(C)C1CCCCC1.CC(C)CC(C)C(C)C. The third-order valence-electron chi connectivity index (χ3n) is 4.57. The minimum atomic E-state index is 0.854. The van der Waals surface area contributed by atoms with Crippen LogP contribution in [0, 0.1) is 29.6 Å². The Morgan fingerprint density at radius 1 is 0.778 bits per heavy atom. The van der Waals surface area contributed by atoms with Crippen LogP contribution in [0.1, 0.15) is 87.0 Å². The zero-order valence-electron chi connectivity index (χ0n) is 14.1. The highest BCUT2D eigenvalue weighted by atomic mass is 14.2. The summed E-state index contributed by atoms with van der Waals surface area (Å²) in [6.07, 6.45) is 8.84. The van der Waals surface area contributed by atoms with Gasteiger partial charge in [0.25, 0.3) is 0 Å². The minimum Gasteiger partial charge on any atom is -0.0628 e. The maximum Gasteiger partial charge on any atom is -0.0391 e. The molecule has 1 atom stereocenters. The van der Waals surface area contributed by atoms with Crippen molar-refractivity contribution >= 4 is 0 Å². The van der Waals surface area contributed by atoms with Gasteiger partial charge in [-0.25, -0.2) is 0 Å². The standard InChI is InChI=1S/C9H18.C9H20/c1-8(2)9-6-4-3-5-7-9;1-7(2)6-9(5)8(3)4/h8-9H,3-7H2,1-2H3;7-9H,6H2,1-5H3. The van der Waals surface area contributed by atoms with Crippen molar-refractivity contribution in [3.05, 3.63) is 0 Å². The topological polar surface area (TPSA) is 0 Å². The molecule has 0 radical (unpaired) electrons. The van der Waals surface area contributed by atoms with E-state index in [1.807, 2.05) is 0 Å². The lowest BCUT2D eigenvalue weighted by Crippen LogP contribution is -2.12. The lowest BCUT2D eigenvalue weighted by atomic mass is 9.82. The fourth-order valence-corrected chi connectivity index (χ4v) is 2.82. The summed E-state index contributed by atoms with van der Waals surface area (Å²) in [7, 11) is 0. The van der Waals surface area contributed by atoms with Crippen LogP contribution in [0.2, 0.25) is 0 Å². The number of hydrogen-bond acceptors (Lipinski definition) is 0. The molecule has 1 fully saturated rings. The Labute approximate surface area is 117 Å². The Bertz CT molecular complexity index is 172. The molecule has 0 nitrogen and oxygen atoms in total. The highest BCUT2D eigenvalue weighted by Gasteiger charge is 2.15. The van der Waals surface area contributed by atoms with Crippen molar-refractivity contribution in [2.75, 3.05) is 0 Å². The Kier molecular flexibility index (Phi) is 9.87. The van der Waals surface area contributed by atoms with E-state index in [-0.39, 0.29) is 0 Å². The first-order valence-electron chi connectivity index (χ1n) is 8.34. The summed E-state index contributed by atoms with van der Waals surface area (Å²) in [6.45, 7) is 16.2. The van der Waals surface area contributed by atoms with E-state index in [1.54, 1.807) is 0 Å². The molecule has 0 amide bonds. The van der Waals surface area contributed by atoms with Crippen molar-refractivity contribution in [3.63, 3.8) is 0 Å². The van der Waals surface area contributed by atoms with Gasteiger partial charge in [-0.15, -0.1) is 0 Å². The van der Waals surface area contributed by atoms with Gasteiger partial charge in [-0.1, -0.05) is 80.6 Å². The van der Waals surface area contributed by atoms with Crippen LogP contribution in [0.5, 0.6) is 0 Å². The van der Waals surface area contributed by atoms with Crippen LogP contribution in [0.4, 0.5) is 0 Å². The molecule has 1 aliphatic carbocycles. The van der Waals surface area contributed by atoms with E-state index in [2.05, 4.69) is 48.5 Å². The average Bonchev–Trinajstić information content (AvgIpc) is 2.30. The lowest BCUT2D eigenvalue weighted by molar-refractivity contribution is 0.279. The predicted octanol–water partition coefficient (Wildman–Crippen LogP) is 6.55. The first kappa shape index (κ1) is 18.0. The van der Waals surface area contributed by atoms with E-state index in [9.17, 15) is 0 Å². The molecule has 110 valence electrons. The van der Waals surface area contributed by atoms with Gasteiger partial charge in [-0.3, -0.25) is 0 Å². The summed E-state index contributed by atoms with van der Waals surface area (Å²) in [5.74, 6) is 4.60.